The Hall–Kier alpha value is -2.11. The van der Waals surface area contributed by atoms with Gasteiger partial charge in [-0.1, -0.05) is 6.08 Å². The highest BCUT2D eigenvalue weighted by Crippen LogP contribution is 2.26. The number of amides is 2. The summed E-state index contributed by atoms with van der Waals surface area (Å²) in [5.74, 6) is 0.313. The van der Waals surface area contributed by atoms with Gasteiger partial charge in [-0.3, -0.25) is 4.68 Å². The van der Waals surface area contributed by atoms with Crippen molar-refractivity contribution >= 4 is 11.9 Å². The van der Waals surface area contributed by atoms with Gasteiger partial charge in [-0.05, 0) is 6.92 Å². The second kappa shape index (κ2) is 4.40. The van der Waals surface area contributed by atoms with Crippen molar-refractivity contribution in [2.45, 2.75) is 19.5 Å². The average Bonchev–Trinajstić information content (AvgIpc) is 2.85. The van der Waals surface area contributed by atoms with Gasteiger partial charge in [0.15, 0.2) is 0 Å². The van der Waals surface area contributed by atoms with Gasteiger partial charge < -0.3 is 10.6 Å². The number of aromatic nitrogens is 2. The zero-order chi connectivity index (χ0) is 12.4. The molecule has 6 nitrogen and oxygen atoms in total. The molecular weight excluding hydrogens is 218 g/mol. The summed E-state index contributed by atoms with van der Waals surface area (Å²) in [6.45, 7) is 6.82. The van der Waals surface area contributed by atoms with Crippen LogP contribution in [0.3, 0.4) is 0 Å². The molecule has 2 rings (SSSR count). The summed E-state index contributed by atoms with van der Waals surface area (Å²) < 4.78 is 1.79. The lowest BCUT2D eigenvalue weighted by Gasteiger charge is -2.21. The first kappa shape index (κ1) is 11.4. The molecule has 1 unspecified atom stereocenters. The Balaban J connectivity index is 2.31. The Morgan fingerprint density at radius 1 is 1.65 bits per heavy atom. The van der Waals surface area contributed by atoms with E-state index in [9.17, 15) is 4.79 Å². The van der Waals surface area contributed by atoms with E-state index in [1.807, 2.05) is 13.1 Å². The summed E-state index contributed by atoms with van der Waals surface area (Å²) in [6, 6.07) is -0.641. The maximum Gasteiger partial charge on any atom is 0.346 e. The van der Waals surface area contributed by atoms with Gasteiger partial charge in [0.25, 0.3) is 0 Å². The van der Waals surface area contributed by atoms with E-state index in [4.69, 9.17) is 5.73 Å². The number of rotatable bonds is 4. The molecule has 1 atom stereocenters. The molecule has 2 N–H and O–H groups in total. The molecule has 1 aromatic rings. The number of urea groups is 1. The molecule has 17 heavy (non-hydrogen) atoms. The van der Waals surface area contributed by atoms with Crippen LogP contribution in [0.25, 0.3) is 0 Å². The summed E-state index contributed by atoms with van der Waals surface area (Å²) in [6.07, 6.45) is 5.25. The number of hydrogen-bond donors (Lipinski definition) is 1. The molecule has 1 aromatic heterocycles. The van der Waals surface area contributed by atoms with E-state index in [2.05, 4.69) is 16.7 Å². The fourth-order valence-corrected chi connectivity index (χ4v) is 1.87. The van der Waals surface area contributed by atoms with Crippen LogP contribution < -0.4 is 5.73 Å². The Labute approximate surface area is 99.4 Å². The number of aryl methyl sites for hydroxylation is 1. The number of nitrogens with two attached hydrogens (primary N) is 1. The smallest absolute Gasteiger partial charge is 0.346 e. The van der Waals surface area contributed by atoms with E-state index < -0.39 is 0 Å². The third kappa shape index (κ3) is 1.93. The van der Waals surface area contributed by atoms with Gasteiger partial charge in [-0.25, -0.2) is 4.79 Å². The van der Waals surface area contributed by atoms with Gasteiger partial charge in [-0.2, -0.15) is 10.1 Å². The first-order chi connectivity index (χ1) is 8.17. The van der Waals surface area contributed by atoms with Gasteiger partial charge >= 0.3 is 6.03 Å². The lowest BCUT2D eigenvalue weighted by molar-refractivity contribution is 0.213. The molecule has 1 aliphatic heterocycles. The predicted octanol–water partition coefficient (Wildman–Crippen LogP) is 0.923. The molecular formula is C11H15N5O. The fraction of sp³-hybridized carbons (Fsp3) is 0.364. The number of carbonyl (C=O) groups is 1. The molecule has 6 heteroatoms. The fourth-order valence-electron chi connectivity index (χ4n) is 1.87. The van der Waals surface area contributed by atoms with Crippen molar-refractivity contribution in [3.05, 3.63) is 30.6 Å². The standard InChI is InChI=1S/C11H15N5O/c1-3-5-16-9(10(12)14-11(16)17)8-6-13-15(4-2)7-8/h3,6-7,9H,1,4-5H2,2H3,(H2,12,14,17). The summed E-state index contributed by atoms with van der Waals surface area (Å²) in [5.41, 5.74) is 6.66. The largest absolute Gasteiger partial charge is 0.385 e. The lowest BCUT2D eigenvalue weighted by atomic mass is 10.1. The van der Waals surface area contributed by atoms with Crippen LogP contribution in [0.2, 0.25) is 0 Å². The first-order valence-electron chi connectivity index (χ1n) is 5.45. The Morgan fingerprint density at radius 3 is 3.00 bits per heavy atom. The number of nitrogens with zero attached hydrogens (tertiary/aromatic N) is 4. The van der Waals surface area contributed by atoms with Crippen molar-refractivity contribution in [2.24, 2.45) is 10.7 Å². The molecule has 0 aliphatic carbocycles. The van der Waals surface area contributed by atoms with Crippen LogP contribution in [-0.4, -0.2) is 33.1 Å². The normalized spacial score (nSPS) is 19.6. The number of hydrogen-bond acceptors (Lipinski definition) is 3. The molecule has 0 radical (unpaired) electrons. The van der Waals surface area contributed by atoms with Crippen LogP contribution in [0.4, 0.5) is 4.79 Å². The van der Waals surface area contributed by atoms with Gasteiger partial charge in [0.05, 0.1) is 6.20 Å². The van der Waals surface area contributed by atoms with Gasteiger partial charge in [0.2, 0.25) is 0 Å². The summed E-state index contributed by atoms with van der Waals surface area (Å²) >= 11 is 0. The zero-order valence-corrected chi connectivity index (χ0v) is 9.71. The second-order valence-electron chi connectivity index (χ2n) is 3.79. The van der Waals surface area contributed by atoms with Crippen molar-refractivity contribution in [3.8, 4) is 0 Å². The molecule has 0 saturated heterocycles. The maximum atomic E-state index is 11.6. The summed E-state index contributed by atoms with van der Waals surface area (Å²) in [7, 11) is 0. The zero-order valence-electron chi connectivity index (χ0n) is 9.71. The molecule has 0 spiro atoms. The third-order valence-corrected chi connectivity index (χ3v) is 2.68. The van der Waals surface area contributed by atoms with Crippen molar-refractivity contribution in [1.82, 2.24) is 14.7 Å². The Kier molecular flexibility index (Phi) is 2.95. The predicted molar refractivity (Wildman–Crippen MR) is 64.6 cm³/mol. The molecule has 0 saturated carbocycles. The van der Waals surface area contributed by atoms with Crippen LogP contribution in [-0.2, 0) is 6.54 Å². The minimum absolute atomic E-state index is 0.313. The van der Waals surface area contributed by atoms with Gasteiger partial charge in [-0.15, -0.1) is 6.58 Å². The highest BCUT2D eigenvalue weighted by molar-refractivity contribution is 6.03. The van der Waals surface area contributed by atoms with Gasteiger partial charge in [0, 0.05) is 24.8 Å². The first-order valence-corrected chi connectivity index (χ1v) is 5.45. The number of aliphatic imine (C=N–C) groups is 1. The van der Waals surface area contributed by atoms with E-state index in [0.717, 1.165) is 12.1 Å². The van der Waals surface area contributed by atoms with Crippen LogP contribution in [0.1, 0.15) is 18.5 Å². The molecule has 1 aliphatic rings. The number of amidine groups is 1. The SMILES string of the molecule is C=CCN1C(=O)N=C(N)C1c1cnn(CC)c1. The van der Waals surface area contributed by atoms with E-state index in [0.29, 0.717) is 12.4 Å². The van der Waals surface area contributed by atoms with Crippen LogP contribution in [0.15, 0.2) is 30.0 Å². The van der Waals surface area contributed by atoms with Crippen molar-refractivity contribution in [2.75, 3.05) is 6.54 Å². The van der Waals surface area contributed by atoms with Gasteiger partial charge in [0.1, 0.15) is 11.9 Å². The molecule has 0 bridgehead atoms. The van der Waals surface area contributed by atoms with Crippen molar-refractivity contribution in [1.29, 1.82) is 0 Å². The Bertz CT molecular complexity index is 476. The van der Waals surface area contributed by atoms with E-state index >= 15 is 0 Å². The highest BCUT2D eigenvalue weighted by atomic mass is 16.2. The van der Waals surface area contributed by atoms with E-state index in [-0.39, 0.29) is 12.1 Å². The van der Waals surface area contributed by atoms with Crippen molar-refractivity contribution < 1.29 is 4.79 Å². The molecule has 2 amide bonds. The molecule has 0 aromatic carbocycles. The maximum absolute atomic E-state index is 11.6. The average molecular weight is 233 g/mol. The number of carbonyl (C=O) groups excluding carboxylic acids is 1. The van der Waals surface area contributed by atoms with E-state index in [1.165, 1.54) is 0 Å². The van der Waals surface area contributed by atoms with Crippen LogP contribution in [0.5, 0.6) is 0 Å². The van der Waals surface area contributed by atoms with Crippen molar-refractivity contribution in [3.63, 3.8) is 0 Å². The topological polar surface area (TPSA) is 76.5 Å². The lowest BCUT2D eigenvalue weighted by Crippen LogP contribution is -2.33. The van der Waals surface area contributed by atoms with E-state index in [1.54, 1.807) is 21.9 Å². The third-order valence-electron chi connectivity index (χ3n) is 2.68. The minimum atomic E-state index is -0.323. The quantitative estimate of drug-likeness (QED) is 0.786. The van der Waals surface area contributed by atoms with Crippen LogP contribution in [0, 0.1) is 0 Å². The minimum Gasteiger partial charge on any atom is -0.385 e. The highest BCUT2D eigenvalue weighted by Gasteiger charge is 2.34. The molecule has 2 heterocycles. The Morgan fingerprint density at radius 2 is 2.41 bits per heavy atom. The summed E-state index contributed by atoms with van der Waals surface area (Å²) in [5, 5.41) is 4.18. The van der Waals surface area contributed by atoms with Crippen LogP contribution >= 0.6 is 0 Å². The molecule has 90 valence electrons. The second-order valence-corrected chi connectivity index (χ2v) is 3.79. The summed E-state index contributed by atoms with van der Waals surface area (Å²) in [4.78, 5) is 17.0. The monoisotopic (exact) mass is 233 g/mol. The molecule has 0 fully saturated rings.